The van der Waals surface area contributed by atoms with Crippen LogP contribution in [-0.4, -0.2) is 20.9 Å². The van der Waals surface area contributed by atoms with Gasteiger partial charge in [0.15, 0.2) is 0 Å². The molecule has 1 amide bonds. The van der Waals surface area contributed by atoms with Crippen molar-refractivity contribution in [3.63, 3.8) is 0 Å². The van der Waals surface area contributed by atoms with Crippen molar-refractivity contribution in [2.24, 2.45) is 0 Å². The first-order chi connectivity index (χ1) is 11.6. The molecule has 0 aliphatic heterocycles. The van der Waals surface area contributed by atoms with Crippen LogP contribution in [0.15, 0.2) is 54.9 Å². The maximum Gasteiger partial charge on any atom is 0.322 e. The Kier molecular flexibility index (Phi) is 4.47. The summed E-state index contributed by atoms with van der Waals surface area (Å²) in [4.78, 5) is 24.6. The van der Waals surface area contributed by atoms with Crippen LogP contribution in [0.1, 0.15) is 21.7 Å². The number of aromatic nitrogens is 3. The fourth-order valence-electron chi connectivity index (χ4n) is 2.16. The molecule has 2 aromatic heterocycles. The molecular formula is C18H16N4O2. The van der Waals surface area contributed by atoms with Gasteiger partial charge in [0.05, 0.1) is 11.9 Å². The van der Waals surface area contributed by atoms with Crippen LogP contribution >= 0.6 is 0 Å². The van der Waals surface area contributed by atoms with E-state index in [4.69, 9.17) is 4.74 Å². The number of nitrogens with zero attached hydrogens (tertiary/aromatic N) is 3. The Morgan fingerprint density at radius 1 is 1.04 bits per heavy atom. The highest BCUT2D eigenvalue weighted by Crippen LogP contribution is 2.19. The zero-order valence-corrected chi connectivity index (χ0v) is 13.4. The molecule has 0 unspecified atom stereocenters. The van der Waals surface area contributed by atoms with E-state index in [1.54, 1.807) is 48.8 Å². The van der Waals surface area contributed by atoms with E-state index in [-0.39, 0.29) is 5.91 Å². The minimum absolute atomic E-state index is 0.211. The zero-order valence-electron chi connectivity index (χ0n) is 13.4. The highest BCUT2D eigenvalue weighted by molar-refractivity contribution is 6.04. The summed E-state index contributed by atoms with van der Waals surface area (Å²) < 4.78 is 5.63. The highest BCUT2D eigenvalue weighted by Gasteiger charge is 2.08. The van der Waals surface area contributed by atoms with Crippen molar-refractivity contribution in [2.75, 3.05) is 5.32 Å². The van der Waals surface area contributed by atoms with Gasteiger partial charge in [0.25, 0.3) is 5.91 Å². The summed E-state index contributed by atoms with van der Waals surface area (Å²) in [6, 6.07) is 12.5. The van der Waals surface area contributed by atoms with Gasteiger partial charge < -0.3 is 10.1 Å². The number of anilines is 1. The first-order valence-electron chi connectivity index (χ1n) is 7.42. The summed E-state index contributed by atoms with van der Waals surface area (Å²) in [5.41, 5.74) is 2.84. The number of carbonyl (C=O) groups is 1. The maximum atomic E-state index is 12.2. The largest absolute Gasteiger partial charge is 0.424 e. The molecule has 0 aliphatic carbocycles. The molecule has 0 atom stereocenters. The molecule has 0 radical (unpaired) electrons. The molecule has 2 heterocycles. The molecule has 0 spiro atoms. The van der Waals surface area contributed by atoms with Crippen molar-refractivity contribution >= 4 is 11.6 Å². The molecule has 6 nitrogen and oxygen atoms in total. The van der Waals surface area contributed by atoms with Crippen molar-refractivity contribution in [3.05, 3.63) is 71.8 Å². The topological polar surface area (TPSA) is 77.0 Å². The monoisotopic (exact) mass is 320 g/mol. The smallest absolute Gasteiger partial charge is 0.322 e. The first kappa shape index (κ1) is 15.6. The number of hydrogen-bond acceptors (Lipinski definition) is 5. The lowest BCUT2D eigenvalue weighted by molar-refractivity contribution is 0.102. The van der Waals surface area contributed by atoms with Crippen LogP contribution in [0.2, 0.25) is 0 Å². The fraction of sp³-hybridized carbons (Fsp3) is 0.111. The standard InChI is InChI=1S/C18H16N4O2/c1-12-10-13(2)21-18(20-12)24-16-7-5-14(6-8-16)17(23)22-15-4-3-9-19-11-15/h3-11H,1-2H3,(H,22,23). The molecule has 0 aliphatic rings. The summed E-state index contributed by atoms with van der Waals surface area (Å²) in [5, 5.41) is 2.78. The van der Waals surface area contributed by atoms with Gasteiger partial charge >= 0.3 is 6.01 Å². The van der Waals surface area contributed by atoms with Gasteiger partial charge in [-0.15, -0.1) is 0 Å². The maximum absolute atomic E-state index is 12.2. The minimum atomic E-state index is -0.211. The molecule has 6 heteroatoms. The summed E-state index contributed by atoms with van der Waals surface area (Å²) in [5.74, 6) is 0.357. The van der Waals surface area contributed by atoms with E-state index in [2.05, 4.69) is 20.3 Å². The van der Waals surface area contributed by atoms with Crippen LogP contribution in [0.4, 0.5) is 5.69 Å². The van der Waals surface area contributed by atoms with E-state index in [0.717, 1.165) is 11.4 Å². The first-order valence-corrected chi connectivity index (χ1v) is 7.42. The Balaban J connectivity index is 1.70. The molecule has 1 N–H and O–H groups in total. The number of pyridine rings is 1. The van der Waals surface area contributed by atoms with Crippen LogP contribution in [-0.2, 0) is 0 Å². The quantitative estimate of drug-likeness (QED) is 0.795. The summed E-state index contributed by atoms with van der Waals surface area (Å²) in [7, 11) is 0. The number of rotatable bonds is 4. The van der Waals surface area contributed by atoms with Crippen molar-refractivity contribution in [2.45, 2.75) is 13.8 Å². The van der Waals surface area contributed by atoms with Gasteiger partial charge in [0.2, 0.25) is 0 Å². The van der Waals surface area contributed by atoms with Gasteiger partial charge in [-0.1, -0.05) is 0 Å². The Labute approximate surface area is 139 Å². The van der Waals surface area contributed by atoms with E-state index < -0.39 is 0 Å². The number of aryl methyl sites for hydroxylation is 2. The minimum Gasteiger partial charge on any atom is -0.424 e. The van der Waals surface area contributed by atoms with Gasteiger partial charge in [-0.25, -0.2) is 9.97 Å². The molecule has 3 rings (SSSR count). The van der Waals surface area contributed by atoms with E-state index in [1.165, 1.54) is 0 Å². The second-order valence-electron chi connectivity index (χ2n) is 5.26. The van der Waals surface area contributed by atoms with Crippen LogP contribution in [0.5, 0.6) is 11.8 Å². The number of ether oxygens (including phenoxy) is 1. The third kappa shape index (κ3) is 3.92. The second-order valence-corrected chi connectivity index (χ2v) is 5.26. The van der Waals surface area contributed by atoms with Gasteiger partial charge in [-0.3, -0.25) is 9.78 Å². The van der Waals surface area contributed by atoms with Crippen molar-refractivity contribution in [1.82, 2.24) is 15.0 Å². The molecule has 0 saturated carbocycles. The predicted octanol–water partition coefficient (Wildman–Crippen LogP) is 3.53. The molecule has 0 bridgehead atoms. The van der Waals surface area contributed by atoms with Crippen LogP contribution < -0.4 is 10.1 Å². The number of benzene rings is 1. The predicted molar refractivity (Wildman–Crippen MR) is 90.2 cm³/mol. The van der Waals surface area contributed by atoms with Crippen molar-refractivity contribution in [3.8, 4) is 11.8 Å². The fourth-order valence-corrected chi connectivity index (χ4v) is 2.16. The number of nitrogens with one attached hydrogen (secondary N) is 1. The third-order valence-electron chi connectivity index (χ3n) is 3.21. The van der Waals surface area contributed by atoms with E-state index in [0.29, 0.717) is 23.0 Å². The molecule has 120 valence electrons. The Morgan fingerprint density at radius 2 is 1.75 bits per heavy atom. The normalized spacial score (nSPS) is 10.2. The molecule has 3 aromatic rings. The third-order valence-corrected chi connectivity index (χ3v) is 3.21. The lowest BCUT2D eigenvalue weighted by atomic mass is 10.2. The Bertz CT molecular complexity index is 828. The SMILES string of the molecule is Cc1cc(C)nc(Oc2ccc(C(=O)Nc3cccnc3)cc2)n1. The number of carbonyl (C=O) groups excluding carboxylic acids is 1. The van der Waals surface area contributed by atoms with Crippen LogP contribution in [0, 0.1) is 13.8 Å². The summed E-state index contributed by atoms with van der Waals surface area (Å²) in [6.07, 6.45) is 3.24. The number of hydrogen-bond donors (Lipinski definition) is 1. The molecule has 24 heavy (non-hydrogen) atoms. The van der Waals surface area contributed by atoms with E-state index >= 15 is 0 Å². The Hall–Kier alpha value is -3.28. The van der Waals surface area contributed by atoms with Gasteiger partial charge in [-0.05, 0) is 56.3 Å². The van der Waals surface area contributed by atoms with E-state index in [1.807, 2.05) is 19.9 Å². The average molecular weight is 320 g/mol. The van der Waals surface area contributed by atoms with Gasteiger partial charge in [0.1, 0.15) is 5.75 Å². The van der Waals surface area contributed by atoms with E-state index in [9.17, 15) is 4.79 Å². The van der Waals surface area contributed by atoms with Gasteiger partial charge in [-0.2, -0.15) is 0 Å². The number of amides is 1. The zero-order chi connectivity index (χ0) is 16.9. The lowest BCUT2D eigenvalue weighted by Gasteiger charge is -2.07. The van der Waals surface area contributed by atoms with Crippen molar-refractivity contribution < 1.29 is 9.53 Å². The molecular weight excluding hydrogens is 304 g/mol. The highest BCUT2D eigenvalue weighted by atomic mass is 16.5. The van der Waals surface area contributed by atoms with Crippen LogP contribution in [0.3, 0.4) is 0 Å². The lowest BCUT2D eigenvalue weighted by Crippen LogP contribution is -2.11. The molecule has 0 saturated heterocycles. The molecule has 0 fully saturated rings. The summed E-state index contributed by atoms with van der Waals surface area (Å²) >= 11 is 0. The average Bonchev–Trinajstić information content (AvgIpc) is 2.55. The summed E-state index contributed by atoms with van der Waals surface area (Å²) in [6.45, 7) is 3.76. The van der Waals surface area contributed by atoms with Crippen molar-refractivity contribution in [1.29, 1.82) is 0 Å². The second kappa shape index (κ2) is 6.87. The van der Waals surface area contributed by atoms with Crippen LogP contribution in [0.25, 0.3) is 0 Å². The Morgan fingerprint density at radius 3 is 2.38 bits per heavy atom. The van der Waals surface area contributed by atoms with Gasteiger partial charge in [0, 0.05) is 23.1 Å². The molecule has 1 aromatic carbocycles.